The number of rotatable bonds is 10. The maximum absolute atomic E-state index is 13.8. The van der Waals surface area contributed by atoms with E-state index in [1.54, 1.807) is 54.2 Å². The third-order valence-electron chi connectivity index (χ3n) is 4.26. The number of methoxy groups -OCH3 is 1. The molecule has 8 nitrogen and oxygen atoms in total. The number of hydrogen-bond donors (Lipinski definition) is 2. The Balaban J connectivity index is 1.62. The molecule has 1 aromatic heterocycles. The van der Waals surface area contributed by atoms with E-state index in [1.165, 1.54) is 23.9 Å². The van der Waals surface area contributed by atoms with Gasteiger partial charge < -0.3 is 19.9 Å². The molecular formula is C22H22FN5O3S. The quantitative estimate of drug-likeness (QED) is 0.359. The van der Waals surface area contributed by atoms with Gasteiger partial charge in [-0.3, -0.25) is 9.59 Å². The molecule has 0 unspecified atom stereocenters. The molecular weight excluding hydrogens is 433 g/mol. The minimum Gasteiger partial charge on any atom is -0.497 e. The molecule has 0 aliphatic heterocycles. The van der Waals surface area contributed by atoms with Gasteiger partial charge in [0.05, 0.1) is 25.0 Å². The summed E-state index contributed by atoms with van der Waals surface area (Å²) in [5.41, 5.74) is 0.712. The average molecular weight is 456 g/mol. The molecule has 0 fully saturated rings. The van der Waals surface area contributed by atoms with E-state index in [4.69, 9.17) is 4.74 Å². The first-order valence-electron chi connectivity index (χ1n) is 9.64. The van der Waals surface area contributed by atoms with Crippen LogP contribution in [0.2, 0.25) is 0 Å². The zero-order valence-electron chi connectivity index (χ0n) is 17.4. The van der Waals surface area contributed by atoms with Crippen molar-refractivity contribution in [3.8, 4) is 5.75 Å². The lowest BCUT2D eigenvalue weighted by Crippen LogP contribution is -2.18. The first-order chi connectivity index (χ1) is 15.5. The predicted molar refractivity (Wildman–Crippen MR) is 121 cm³/mol. The molecule has 3 rings (SSSR count). The van der Waals surface area contributed by atoms with Crippen molar-refractivity contribution in [2.24, 2.45) is 0 Å². The fourth-order valence-corrected chi connectivity index (χ4v) is 3.56. The molecule has 0 spiro atoms. The Morgan fingerprint density at radius 1 is 1.16 bits per heavy atom. The molecule has 0 aliphatic rings. The highest BCUT2D eigenvalue weighted by molar-refractivity contribution is 7.99. The van der Waals surface area contributed by atoms with Crippen LogP contribution >= 0.6 is 11.8 Å². The second kappa shape index (κ2) is 11.1. The molecule has 0 radical (unpaired) electrons. The van der Waals surface area contributed by atoms with E-state index in [-0.39, 0.29) is 23.8 Å². The van der Waals surface area contributed by atoms with Crippen molar-refractivity contribution in [1.82, 2.24) is 14.8 Å². The van der Waals surface area contributed by atoms with Gasteiger partial charge in [-0.05, 0) is 24.3 Å². The lowest BCUT2D eigenvalue weighted by molar-refractivity contribution is -0.116. The van der Waals surface area contributed by atoms with E-state index < -0.39 is 11.7 Å². The van der Waals surface area contributed by atoms with Gasteiger partial charge in [0.1, 0.15) is 17.4 Å². The Morgan fingerprint density at radius 2 is 1.97 bits per heavy atom. The minimum absolute atomic E-state index is 0.0912. The molecule has 0 atom stereocenters. The Hall–Kier alpha value is -3.66. The summed E-state index contributed by atoms with van der Waals surface area (Å²) in [6.45, 7) is 4.07. The van der Waals surface area contributed by atoms with Crippen LogP contribution < -0.4 is 15.4 Å². The first kappa shape index (κ1) is 23.0. The smallest absolute Gasteiger partial charge is 0.234 e. The van der Waals surface area contributed by atoms with Crippen LogP contribution in [0.15, 0.2) is 66.3 Å². The number of benzene rings is 2. The lowest BCUT2D eigenvalue weighted by atomic mass is 10.3. The summed E-state index contributed by atoms with van der Waals surface area (Å²) in [5, 5.41) is 13.9. The number of amides is 2. The Labute approximate surface area is 188 Å². The number of aromatic nitrogens is 3. The molecule has 2 N–H and O–H groups in total. The molecule has 10 heteroatoms. The van der Waals surface area contributed by atoms with Gasteiger partial charge in [0.2, 0.25) is 11.8 Å². The number of carbonyl (C=O) groups excluding carboxylic acids is 2. The normalized spacial score (nSPS) is 10.4. The summed E-state index contributed by atoms with van der Waals surface area (Å²) < 4.78 is 20.6. The molecule has 0 aliphatic carbocycles. The lowest BCUT2D eigenvalue weighted by Gasteiger charge is -2.09. The summed E-state index contributed by atoms with van der Waals surface area (Å²) in [7, 11) is 1.55. The van der Waals surface area contributed by atoms with Gasteiger partial charge in [-0.25, -0.2) is 4.39 Å². The van der Waals surface area contributed by atoms with E-state index >= 15 is 0 Å². The maximum Gasteiger partial charge on any atom is 0.234 e. The zero-order valence-corrected chi connectivity index (χ0v) is 18.2. The van der Waals surface area contributed by atoms with Gasteiger partial charge in [0.15, 0.2) is 5.16 Å². The second-order valence-corrected chi connectivity index (χ2v) is 7.51. The predicted octanol–water partition coefficient (Wildman–Crippen LogP) is 3.52. The summed E-state index contributed by atoms with van der Waals surface area (Å²) in [6.07, 6.45) is 1.54. The molecule has 0 saturated carbocycles. The second-order valence-electron chi connectivity index (χ2n) is 6.57. The molecule has 0 bridgehead atoms. The van der Waals surface area contributed by atoms with Crippen LogP contribution in [0.5, 0.6) is 5.75 Å². The van der Waals surface area contributed by atoms with Gasteiger partial charge in [-0.1, -0.05) is 36.0 Å². The largest absolute Gasteiger partial charge is 0.497 e. The van der Waals surface area contributed by atoms with Crippen molar-refractivity contribution >= 4 is 35.0 Å². The number of thioether (sulfide) groups is 1. The van der Waals surface area contributed by atoms with Crippen molar-refractivity contribution in [2.45, 2.75) is 18.1 Å². The average Bonchev–Trinajstić information content (AvgIpc) is 3.15. The fraction of sp³-hybridized carbons (Fsp3) is 0.182. The summed E-state index contributed by atoms with van der Waals surface area (Å²) in [6, 6.07) is 13.0. The zero-order chi connectivity index (χ0) is 22.9. The van der Waals surface area contributed by atoms with Gasteiger partial charge >= 0.3 is 0 Å². The Morgan fingerprint density at radius 3 is 2.72 bits per heavy atom. The number of halogens is 1. The van der Waals surface area contributed by atoms with Gasteiger partial charge in [-0.15, -0.1) is 16.8 Å². The summed E-state index contributed by atoms with van der Waals surface area (Å²) in [5.74, 6) is -0.0653. The number of para-hydroxylation sites is 1. The molecule has 1 heterocycles. The van der Waals surface area contributed by atoms with Crippen LogP contribution in [0.3, 0.4) is 0 Å². The van der Waals surface area contributed by atoms with E-state index in [0.29, 0.717) is 29.0 Å². The van der Waals surface area contributed by atoms with Gasteiger partial charge in [0.25, 0.3) is 0 Å². The molecule has 2 amide bonds. The van der Waals surface area contributed by atoms with Crippen molar-refractivity contribution in [1.29, 1.82) is 0 Å². The molecule has 0 saturated heterocycles. The van der Waals surface area contributed by atoms with Crippen LogP contribution in [0.4, 0.5) is 15.8 Å². The van der Waals surface area contributed by atoms with E-state index in [9.17, 15) is 14.0 Å². The van der Waals surface area contributed by atoms with Crippen molar-refractivity contribution in [3.05, 3.63) is 72.8 Å². The van der Waals surface area contributed by atoms with Crippen LogP contribution in [0.25, 0.3) is 0 Å². The van der Waals surface area contributed by atoms with E-state index in [0.717, 1.165) is 0 Å². The van der Waals surface area contributed by atoms with E-state index in [2.05, 4.69) is 27.4 Å². The molecule has 3 aromatic rings. The van der Waals surface area contributed by atoms with Crippen molar-refractivity contribution in [3.63, 3.8) is 0 Å². The number of nitrogens with zero attached hydrogens (tertiary/aromatic N) is 3. The fourth-order valence-electron chi connectivity index (χ4n) is 2.80. The minimum atomic E-state index is -0.522. The number of ether oxygens (including phenoxy) is 1. The molecule has 166 valence electrons. The van der Waals surface area contributed by atoms with Gasteiger partial charge in [0, 0.05) is 18.3 Å². The highest BCUT2D eigenvalue weighted by Crippen LogP contribution is 2.20. The topological polar surface area (TPSA) is 98.1 Å². The first-order valence-corrected chi connectivity index (χ1v) is 10.6. The molecule has 32 heavy (non-hydrogen) atoms. The van der Waals surface area contributed by atoms with Crippen LogP contribution in [0, 0.1) is 5.82 Å². The Kier molecular flexibility index (Phi) is 7.98. The number of anilines is 2. The van der Waals surface area contributed by atoms with E-state index in [1.807, 2.05) is 0 Å². The molecule has 2 aromatic carbocycles. The van der Waals surface area contributed by atoms with Crippen LogP contribution in [-0.2, 0) is 22.6 Å². The standard InChI is InChI=1S/C22H22FN5O3S/c1-3-11-28-19(13-20(29)25-18-10-5-4-9-17(18)23)26-27-22(28)32-14-21(30)24-15-7-6-8-16(12-15)31-2/h3-10,12H,1,11,13-14H2,2H3,(H,24,30)(H,25,29). The third-order valence-corrected chi connectivity index (χ3v) is 5.22. The van der Waals surface area contributed by atoms with Crippen molar-refractivity contribution in [2.75, 3.05) is 23.5 Å². The maximum atomic E-state index is 13.8. The van der Waals surface area contributed by atoms with Gasteiger partial charge in [-0.2, -0.15) is 0 Å². The number of carbonyl (C=O) groups is 2. The Bertz CT molecular complexity index is 1120. The van der Waals surface area contributed by atoms with Crippen molar-refractivity contribution < 1.29 is 18.7 Å². The number of hydrogen-bond acceptors (Lipinski definition) is 6. The summed E-state index contributed by atoms with van der Waals surface area (Å²) >= 11 is 1.19. The summed E-state index contributed by atoms with van der Waals surface area (Å²) in [4.78, 5) is 24.7. The van der Waals surface area contributed by atoms with Crippen LogP contribution in [0.1, 0.15) is 5.82 Å². The SMILES string of the molecule is C=CCn1c(CC(=O)Nc2ccccc2F)nnc1SCC(=O)Nc1cccc(OC)c1. The number of nitrogens with one attached hydrogen (secondary N) is 2. The highest BCUT2D eigenvalue weighted by atomic mass is 32.2. The third kappa shape index (κ3) is 6.17. The number of allylic oxidation sites excluding steroid dienone is 1. The monoisotopic (exact) mass is 455 g/mol. The highest BCUT2D eigenvalue weighted by Gasteiger charge is 2.17. The van der Waals surface area contributed by atoms with Crippen LogP contribution in [-0.4, -0.2) is 39.4 Å².